The van der Waals surface area contributed by atoms with Gasteiger partial charge in [-0.25, -0.2) is 4.39 Å². The Bertz CT molecular complexity index is 801. The molecule has 0 spiro atoms. The topological polar surface area (TPSA) is 42.0 Å². The van der Waals surface area contributed by atoms with Gasteiger partial charge in [-0.2, -0.15) is 0 Å². The van der Waals surface area contributed by atoms with Crippen LogP contribution < -0.4 is 5.32 Å². The van der Waals surface area contributed by atoms with E-state index in [1.54, 1.807) is 6.20 Å². The highest BCUT2D eigenvalue weighted by Gasteiger charge is 2.09. The van der Waals surface area contributed by atoms with Gasteiger partial charge in [0.1, 0.15) is 5.82 Å². The van der Waals surface area contributed by atoms with E-state index < -0.39 is 0 Å². The molecule has 0 radical (unpaired) electrons. The van der Waals surface area contributed by atoms with Crippen LogP contribution in [0.4, 0.5) is 4.39 Å². The van der Waals surface area contributed by atoms with Gasteiger partial charge >= 0.3 is 0 Å². The molecule has 3 nitrogen and oxygen atoms in total. The largest absolute Gasteiger partial charge is 0.348 e. The van der Waals surface area contributed by atoms with Crippen molar-refractivity contribution in [2.45, 2.75) is 6.54 Å². The molecule has 1 aromatic heterocycles. The lowest BCUT2D eigenvalue weighted by Crippen LogP contribution is -2.23. The van der Waals surface area contributed by atoms with E-state index in [-0.39, 0.29) is 11.7 Å². The van der Waals surface area contributed by atoms with E-state index in [0.29, 0.717) is 12.1 Å². The average molecular weight is 306 g/mol. The predicted octanol–water partition coefficient (Wildman–Crippen LogP) is 3.82. The molecule has 3 rings (SSSR count). The first-order chi connectivity index (χ1) is 11.2. The van der Waals surface area contributed by atoms with Crippen LogP contribution in [0.25, 0.3) is 11.3 Å². The van der Waals surface area contributed by atoms with Crippen molar-refractivity contribution in [2.75, 3.05) is 0 Å². The number of rotatable bonds is 4. The maximum absolute atomic E-state index is 12.9. The molecule has 2 aromatic carbocycles. The van der Waals surface area contributed by atoms with Crippen molar-refractivity contribution >= 4 is 5.91 Å². The zero-order chi connectivity index (χ0) is 16.1. The van der Waals surface area contributed by atoms with Crippen LogP contribution in [0.2, 0.25) is 0 Å². The number of halogens is 1. The highest BCUT2D eigenvalue weighted by Crippen LogP contribution is 2.20. The summed E-state index contributed by atoms with van der Waals surface area (Å²) in [6.07, 6.45) is 1.73. The Morgan fingerprint density at radius 2 is 1.70 bits per heavy atom. The smallest absolute Gasteiger partial charge is 0.251 e. The number of aromatic nitrogens is 1. The number of amides is 1. The summed E-state index contributed by atoms with van der Waals surface area (Å²) >= 11 is 0. The number of carbonyl (C=O) groups is 1. The minimum Gasteiger partial charge on any atom is -0.348 e. The molecule has 0 unspecified atom stereocenters. The number of hydrogen-bond donors (Lipinski definition) is 1. The second kappa shape index (κ2) is 6.83. The molecule has 1 heterocycles. The number of hydrogen-bond acceptors (Lipinski definition) is 2. The molecule has 114 valence electrons. The molecule has 1 N–H and O–H groups in total. The van der Waals surface area contributed by atoms with Crippen LogP contribution in [-0.2, 0) is 6.54 Å². The first kappa shape index (κ1) is 14.9. The Morgan fingerprint density at radius 1 is 0.957 bits per heavy atom. The van der Waals surface area contributed by atoms with Crippen molar-refractivity contribution in [1.82, 2.24) is 10.3 Å². The van der Waals surface area contributed by atoms with Gasteiger partial charge in [-0.3, -0.25) is 9.78 Å². The minimum absolute atomic E-state index is 0.243. The fourth-order valence-corrected chi connectivity index (χ4v) is 2.32. The molecule has 23 heavy (non-hydrogen) atoms. The Kier molecular flexibility index (Phi) is 4.43. The molecule has 0 saturated heterocycles. The predicted molar refractivity (Wildman–Crippen MR) is 87.2 cm³/mol. The Morgan fingerprint density at radius 3 is 2.43 bits per heavy atom. The number of carbonyl (C=O) groups excluding carboxylic acids is 1. The molecular formula is C19H15FN2O. The molecule has 0 bridgehead atoms. The molecule has 1 amide bonds. The first-order valence-electron chi connectivity index (χ1n) is 7.27. The fourth-order valence-electron chi connectivity index (χ4n) is 2.32. The van der Waals surface area contributed by atoms with Crippen molar-refractivity contribution < 1.29 is 9.18 Å². The quantitative estimate of drug-likeness (QED) is 0.796. The number of pyridine rings is 1. The third kappa shape index (κ3) is 3.61. The van der Waals surface area contributed by atoms with Gasteiger partial charge < -0.3 is 5.32 Å². The highest BCUT2D eigenvalue weighted by atomic mass is 19.1. The van der Waals surface area contributed by atoms with E-state index in [9.17, 15) is 9.18 Å². The Hall–Kier alpha value is -3.01. The van der Waals surface area contributed by atoms with Crippen LogP contribution in [-0.4, -0.2) is 10.9 Å². The summed E-state index contributed by atoms with van der Waals surface area (Å²) in [5, 5.41) is 2.84. The van der Waals surface area contributed by atoms with Crippen LogP contribution in [0.5, 0.6) is 0 Å². The summed E-state index contributed by atoms with van der Waals surface area (Å²) in [7, 11) is 0. The summed E-state index contributed by atoms with van der Waals surface area (Å²) in [4.78, 5) is 16.5. The Balaban J connectivity index is 1.76. The molecule has 0 aliphatic heterocycles. The van der Waals surface area contributed by atoms with E-state index in [2.05, 4.69) is 10.3 Å². The first-order valence-corrected chi connectivity index (χ1v) is 7.27. The van der Waals surface area contributed by atoms with Crippen molar-refractivity contribution in [3.63, 3.8) is 0 Å². The lowest BCUT2D eigenvalue weighted by atomic mass is 10.1. The number of nitrogens with one attached hydrogen (secondary N) is 1. The lowest BCUT2D eigenvalue weighted by Gasteiger charge is -2.10. The van der Waals surface area contributed by atoms with Crippen LogP contribution in [0.3, 0.4) is 0 Å². The SMILES string of the molecule is O=C(NCc1cccnc1-c1ccccc1)c1ccc(F)cc1. The molecule has 4 heteroatoms. The van der Waals surface area contributed by atoms with Crippen molar-refractivity contribution in [1.29, 1.82) is 0 Å². The van der Waals surface area contributed by atoms with Crippen molar-refractivity contribution in [2.24, 2.45) is 0 Å². The van der Waals surface area contributed by atoms with Crippen molar-refractivity contribution in [3.05, 3.63) is 89.9 Å². The van der Waals surface area contributed by atoms with E-state index in [1.807, 2.05) is 42.5 Å². The maximum atomic E-state index is 12.9. The van der Waals surface area contributed by atoms with Gasteiger partial charge in [0.25, 0.3) is 5.91 Å². The summed E-state index contributed by atoms with van der Waals surface area (Å²) < 4.78 is 12.9. The van der Waals surface area contributed by atoms with E-state index in [0.717, 1.165) is 16.8 Å². The molecule has 0 aliphatic carbocycles. The van der Waals surface area contributed by atoms with Gasteiger partial charge in [0, 0.05) is 23.9 Å². The maximum Gasteiger partial charge on any atom is 0.251 e. The molecule has 0 aliphatic rings. The molecule has 0 atom stereocenters. The third-order valence-corrected chi connectivity index (χ3v) is 3.48. The van der Waals surface area contributed by atoms with Crippen LogP contribution in [0.15, 0.2) is 72.9 Å². The van der Waals surface area contributed by atoms with Gasteiger partial charge in [-0.05, 0) is 35.9 Å². The molecule has 0 fully saturated rings. The summed E-state index contributed by atoms with van der Waals surface area (Å²) in [6, 6.07) is 19.0. The van der Waals surface area contributed by atoms with Crippen molar-refractivity contribution in [3.8, 4) is 11.3 Å². The van der Waals surface area contributed by atoms with E-state index in [4.69, 9.17) is 0 Å². The van der Waals surface area contributed by atoms with Crippen LogP contribution in [0, 0.1) is 5.82 Å². The summed E-state index contributed by atoms with van der Waals surface area (Å²) in [5.41, 5.74) is 3.19. The fraction of sp³-hybridized carbons (Fsp3) is 0.0526. The number of benzene rings is 2. The molecule has 3 aromatic rings. The van der Waals surface area contributed by atoms with Gasteiger partial charge in [-0.15, -0.1) is 0 Å². The van der Waals surface area contributed by atoms with Crippen LogP contribution in [0.1, 0.15) is 15.9 Å². The van der Waals surface area contributed by atoms with Gasteiger partial charge in [0.15, 0.2) is 0 Å². The van der Waals surface area contributed by atoms with Gasteiger partial charge in [-0.1, -0.05) is 36.4 Å². The average Bonchev–Trinajstić information content (AvgIpc) is 2.61. The summed E-state index contributed by atoms with van der Waals surface area (Å²) in [5.74, 6) is -0.604. The monoisotopic (exact) mass is 306 g/mol. The zero-order valence-electron chi connectivity index (χ0n) is 12.4. The van der Waals surface area contributed by atoms with Crippen LogP contribution >= 0.6 is 0 Å². The molecule has 0 saturated carbocycles. The lowest BCUT2D eigenvalue weighted by molar-refractivity contribution is 0.0951. The standard InChI is InChI=1S/C19H15FN2O/c20-17-10-8-15(9-11-17)19(23)22-13-16-7-4-12-21-18(16)14-5-2-1-3-6-14/h1-12H,13H2,(H,22,23). The third-order valence-electron chi connectivity index (χ3n) is 3.48. The normalized spacial score (nSPS) is 10.3. The minimum atomic E-state index is -0.361. The summed E-state index contributed by atoms with van der Waals surface area (Å²) in [6.45, 7) is 0.355. The second-order valence-electron chi connectivity index (χ2n) is 5.07. The highest BCUT2D eigenvalue weighted by molar-refractivity contribution is 5.94. The number of nitrogens with zero attached hydrogens (tertiary/aromatic N) is 1. The van der Waals surface area contributed by atoms with Gasteiger partial charge in [0.2, 0.25) is 0 Å². The van der Waals surface area contributed by atoms with E-state index in [1.165, 1.54) is 24.3 Å². The Labute approximate surface area is 133 Å². The molecular weight excluding hydrogens is 291 g/mol. The second-order valence-corrected chi connectivity index (χ2v) is 5.07. The van der Waals surface area contributed by atoms with E-state index >= 15 is 0 Å². The zero-order valence-corrected chi connectivity index (χ0v) is 12.4. The van der Waals surface area contributed by atoms with Gasteiger partial charge in [0.05, 0.1) is 5.69 Å².